The van der Waals surface area contributed by atoms with Crippen LogP contribution in [-0.2, 0) is 9.16 Å². The number of aromatic nitrogens is 1. The number of anilines is 2. The first-order valence-electron chi connectivity index (χ1n) is 16.6. The van der Waals surface area contributed by atoms with E-state index in [1.54, 1.807) is 11.1 Å². The van der Waals surface area contributed by atoms with Gasteiger partial charge in [-0.2, -0.15) is 0 Å². The Morgan fingerprint density at radius 1 is 0.878 bits per heavy atom. The predicted octanol–water partition coefficient (Wildman–Crippen LogP) is 10.1. The van der Waals surface area contributed by atoms with Crippen LogP contribution in [0.5, 0.6) is 0 Å². The molecule has 0 aliphatic heterocycles. The molecule has 3 aromatic carbocycles. The van der Waals surface area contributed by atoms with Gasteiger partial charge in [0.05, 0.1) is 12.6 Å². The van der Waals surface area contributed by atoms with Crippen molar-refractivity contribution >= 4 is 43.3 Å². The van der Waals surface area contributed by atoms with E-state index >= 15 is 0 Å². The van der Waals surface area contributed by atoms with E-state index in [0.717, 1.165) is 16.8 Å². The molecule has 0 aliphatic rings. The minimum Gasteiger partial charge on any atom is -0.444 e. The normalized spacial score (nSPS) is 12.6. The van der Waals surface area contributed by atoms with Gasteiger partial charge in [-0.25, -0.2) is 4.79 Å². The number of ether oxygens (including phenoxy) is 1. The Morgan fingerprint density at radius 3 is 2.24 bits per heavy atom. The number of halogens is 1. The lowest BCUT2D eigenvalue weighted by molar-refractivity contribution is 0.0165. The Bertz CT molecular complexity index is 1720. The Balaban J connectivity index is 1.54. The summed E-state index contributed by atoms with van der Waals surface area (Å²) in [4.78, 5) is 32.9. The highest BCUT2D eigenvalue weighted by molar-refractivity contribution is 6.74. The van der Waals surface area contributed by atoms with E-state index < -0.39 is 26.1 Å². The van der Waals surface area contributed by atoms with E-state index in [1.807, 2.05) is 112 Å². The monoisotopic (exact) mass is 700 g/mol. The number of carbonyl (C=O) groups excluding carboxylic acids is 2. The van der Waals surface area contributed by atoms with E-state index in [0.29, 0.717) is 41.6 Å². The lowest BCUT2D eigenvalue weighted by Crippen LogP contribution is -2.46. The fraction of sp³-hybridized carbons (Fsp3) is 0.359. The highest BCUT2D eigenvalue weighted by Gasteiger charge is 2.40. The van der Waals surface area contributed by atoms with Gasteiger partial charge < -0.3 is 24.7 Å². The average Bonchev–Trinajstić information content (AvgIpc) is 3.03. The summed E-state index contributed by atoms with van der Waals surface area (Å²) in [5.74, 6) is -0.289. The fourth-order valence-corrected chi connectivity index (χ4v) is 6.37. The summed E-state index contributed by atoms with van der Waals surface area (Å²) < 4.78 is 12.8. The van der Waals surface area contributed by atoms with E-state index in [9.17, 15) is 9.59 Å². The molecule has 4 aromatic rings. The van der Waals surface area contributed by atoms with E-state index in [-0.39, 0.29) is 10.9 Å². The minimum absolute atomic E-state index is 0.0382. The van der Waals surface area contributed by atoms with Gasteiger partial charge in [-0.3, -0.25) is 9.78 Å². The largest absolute Gasteiger partial charge is 0.444 e. The van der Waals surface area contributed by atoms with Crippen LogP contribution in [0.1, 0.15) is 63.7 Å². The standard InChI is InChI=1S/C39H49ClN4O4Si/c1-38(2,3)47-37(46)44(27-34(29-16-12-17-30(40)25-29)48-49(7,8)39(4,5)6)24-23-41-32-20-13-15-28(26-32)33-21-14-22-42-35(33)36(45)43-31-18-10-9-11-19-31/h9-22,25-26,34,41H,23-24,27H2,1-8H3,(H,43,45). The van der Waals surface area contributed by atoms with Crippen LogP contribution in [0.15, 0.2) is 97.2 Å². The van der Waals surface area contributed by atoms with Crippen LogP contribution in [0.3, 0.4) is 0 Å². The van der Waals surface area contributed by atoms with Gasteiger partial charge in [0.1, 0.15) is 11.3 Å². The van der Waals surface area contributed by atoms with Gasteiger partial charge >= 0.3 is 6.09 Å². The molecule has 0 aliphatic carbocycles. The van der Waals surface area contributed by atoms with Crippen LogP contribution >= 0.6 is 11.6 Å². The molecule has 4 rings (SSSR count). The van der Waals surface area contributed by atoms with Crippen LogP contribution in [0, 0.1) is 0 Å². The van der Waals surface area contributed by atoms with Crippen LogP contribution in [-0.4, -0.2) is 55.4 Å². The number of nitrogens with zero attached hydrogens (tertiary/aromatic N) is 2. The second-order valence-electron chi connectivity index (χ2n) is 14.6. The van der Waals surface area contributed by atoms with Crippen molar-refractivity contribution in [2.24, 2.45) is 0 Å². The average molecular weight is 701 g/mol. The number of benzene rings is 3. The Morgan fingerprint density at radius 2 is 1.57 bits per heavy atom. The van der Waals surface area contributed by atoms with Crippen molar-refractivity contribution < 1.29 is 18.8 Å². The summed E-state index contributed by atoms with van der Waals surface area (Å²) in [7, 11) is -2.25. The van der Waals surface area contributed by atoms with Gasteiger partial charge in [0, 0.05) is 41.2 Å². The highest BCUT2D eigenvalue weighted by atomic mass is 35.5. The molecule has 260 valence electrons. The second-order valence-corrected chi connectivity index (χ2v) is 19.8. The van der Waals surface area contributed by atoms with Gasteiger partial charge in [-0.15, -0.1) is 0 Å². The maximum Gasteiger partial charge on any atom is 0.410 e. The summed E-state index contributed by atoms with van der Waals surface area (Å²) in [5.41, 5.74) is 3.65. The van der Waals surface area contributed by atoms with E-state index in [4.69, 9.17) is 20.8 Å². The molecule has 1 unspecified atom stereocenters. The molecule has 1 heterocycles. The predicted molar refractivity (Wildman–Crippen MR) is 203 cm³/mol. The molecule has 0 bridgehead atoms. The number of pyridine rings is 1. The first-order chi connectivity index (χ1) is 23.0. The third kappa shape index (κ3) is 10.9. The van der Waals surface area contributed by atoms with Crippen molar-refractivity contribution in [1.29, 1.82) is 0 Å². The van der Waals surface area contributed by atoms with Crippen molar-refractivity contribution in [3.63, 3.8) is 0 Å². The van der Waals surface area contributed by atoms with Crippen LogP contribution in [0.2, 0.25) is 23.2 Å². The first kappa shape index (κ1) is 37.6. The van der Waals surface area contributed by atoms with Crippen molar-refractivity contribution in [2.75, 3.05) is 30.3 Å². The summed E-state index contributed by atoms with van der Waals surface area (Å²) in [6, 6.07) is 28.5. The summed E-state index contributed by atoms with van der Waals surface area (Å²) in [6.07, 6.45) is 0.794. The molecule has 0 saturated carbocycles. The molecule has 10 heteroatoms. The summed E-state index contributed by atoms with van der Waals surface area (Å²) >= 11 is 6.42. The molecule has 0 radical (unpaired) electrons. The van der Waals surface area contributed by atoms with E-state index in [2.05, 4.69) is 49.5 Å². The molecule has 0 saturated heterocycles. The van der Waals surface area contributed by atoms with Gasteiger partial charge in [0.15, 0.2) is 8.32 Å². The molecule has 0 fully saturated rings. The van der Waals surface area contributed by atoms with Gasteiger partial charge in [-0.1, -0.05) is 80.9 Å². The zero-order valence-electron chi connectivity index (χ0n) is 29.8. The molecule has 2 N–H and O–H groups in total. The molecule has 8 nitrogen and oxygen atoms in total. The summed E-state index contributed by atoms with van der Waals surface area (Å²) in [5, 5.41) is 6.96. The Hall–Kier alpha value is -4.18. The van der Waals surface area contributed by atoms with Crippen molar-refractivity contribution in [3.8, 4) is 11.1 Å². The molecular weight excluding hydrogens is 652 g/mol. The van der Waals surface area contributed by atoms with Crippen molar-refractivity contribution in [2.45, 2.75) is 71.4 Å². The highest BCUT2D eigenvalue weighted by Crippen LogP contribution is 2.40. The summed E-state index contributed by atoms with van der Waals surface area (Å²) in [6.45, 7) is 17.7. The Kier molecular flexibility index (Phi) is 12.3. The first-order valence-corrected chi connectivity index (χ1v) is 19.9. The number of hydrogen-bond acceptors (Lipinski definition) is 6. The maximum atomic E-state index is 13.6. The number of rotatable bonds is 12. The van der Waals surface area contributed by atoms with Crippen molar-refractivity contribution in [1.82, 2.24) is 9.88 Å². The molecule has 1 aromatic heterocycles. The van der Waals surface area contributed by atoms with Crippen LogP contribution in [0.25, 0.3) is 11.1 Å². The van der Waals surface area contributed by atoms with Gasteiger partial charge in [-0.05, 0) is 92.5 Å². The topological polar surface area (TPSA) is 92.8 Å². The fourth-order valence-electron chi connectivity index (χ4n) is 4.90. The molecular formula is C39H49ClN4O4Si. The Labute approximate surface area is 297 Å². The number of carbonyl (C=O) groups is 2. The number of amides is 2. The zero-order valence-corrected chi connectivity index (χ0v) is 31.6. The zero-order chi connectivity index (χ0) is 35.8. The lowest BCUT2D eigenvalue weighted by Gasteiger charge is -2.40. The molecule has 49 heavy (non-hydrogen) atoms. The third-order valence-corrected chi connectivity index (χ3v) is 13.2. The maximum absolute atomic E-state index is 13.6. The molecule has 1 atom stereocenters. The smallest absolute Gasteiger partial charge is 0.410 e. The van der Waals surface area contributed by atoms with Crippen molar-refractivity contribution in [3.05, 3.63) is 113 Å². The molecule has 0 spiro atoms. The third-order valence-electron chi connectivity index (χ3n) is 8.44. The van der Waals surface area contributed by atoms with Crippen LogP contribution < -0.4 is 10.6 Å². The van der Waals surface area contributed by atoms with Gasteiger partial charge in [0.2, 0.25) is 0 Å². The molecule has 2 amide bonds. The van der Waals surface area contributed by atoms with Crippen LogP contribution in [0.4, 0.5) is 16.2 Å². The quantitative estimate of drug-likeness (QED) is 0.143. The minimum atomic E-state index is -2.25. The number of hydrogen-bond donors (Lipinski definition) is 2. The SMILES string of the molecule is CC(C)(C)OC(=O)N(CCNc1cccc(-c2cccnc2C(=O)Nc2ccccc2)c1)CC(O[Si](C)(C)C(C)(C)C)c1cccc(Cl)c1. The van der Waals surface area contributed by atoms with Gasteiger partial charge in [0.25, 0.3) is 5.91 Å². The lowest BCUT2D eigenvalue weighted by atomic mass is 10.0. The van der Waals surface area contributed by atoms with E-state index in [1.165, 1.54) is 0 Å². The number of para-hydroxylation sites is 1. The number of nitrogens with one attached hydrogen (secondary N) is 2. The second kappa shape index (κ2) is 16.0.